The van der Waals surface area contributed by atoms with Gasteiger partial charge >= 0.3 is 0 Å². The van der Waals surface area contributed by atoms with E-state index >= 15 is 0 Å². The molecular formula is C16H32N2O2. The van der Waals surface area contributed by atoms with E-state index in [1.165, 1.54) is 6.42 Å². The van der Waals surface area contributed by atoms with Gasteiger partial charge in [-0.1, -0.05) is 40.5 Å². The van der Waals surface area contributed by atoms with Crippen LogP contribution in [0.25, 0.3) is 0 Å². The van der Waals surface area contributed by atoms with Crippen molar-refractivity contribution in [1.82, 2.24) is 5.32 Å². The number of aliphatic hydroxyl groups is 1. The number of amides is 1. The van der Waals surface area contributed by atoms with Gasteiger partial charge in [-0.05, 0) is 30.6 Å². The van der Waals surface area contributed by atoms with Crippen LogP contribution in [0.4, 0.5) is 0 Å². The first-order chi connectivity index (χ1) is 9.16. The summed E-state index contributed by atoms with van der Waals surface area (Å²) in [6.45, 7) is 8.59. The van der Waals surface area contributed by atoms with Crippen molar-refractivity contribution in [2.75, 3.05) is 6.61 Å². The fourth-order valence-corrected chi connectivity index (χ4v) is 3.40. The minimum absolute atomic E-state index is 0.0232. The zero-order chi connectivity index (χ0) is 15.4. The lowest BCUT2D eigenvalue weighted by Crippen LogP contribution is -2.54. The summed E-state index contributed by atoms with van der Waals surface area (Å²) in [4.78, 5) is 12.2. The highest BCUT2D eigenvalue weighted by Gasteiger charge is 2.36. The molecule has 1 amide bonds. The fraction of sp³-hybridized carbons (Fsp3) is 0.938. The summed E-state index contributed by atoms with van der Waals surface area (Å²) in [5.74, 6) is 0.532. The summed E-state index contributed by atoms with van der Waals surface area (Å²) in [7, 11) is 0. The molecule has 1 aliphatic rings. The molecule has 1 rings (SSSR count). The van der Waals surface area contributed by atoms with Crippen molar-refractivity contribution >= 4 is 5.91 Å². The van der Waals surface area contributed by atoms with E-state index in [-0.39, 0.29) is 24.0 Å². The Hall–Kier alpha value is -0.610. The molecule has 0 saturated heterocycles. The minimum Gasteiger partial charge on any atom is -0.394 e. The highest BCUT2D eigenvalue weighted by atomic mass is 16.3. The van der Waals surface area contributed by atoms with Crippen molar-refractivity contribution in [3.05, 3.63) is 0 Å². The second-order valence-electron chi connectivity index (χ2n) is 7.92. The van der Waals surface area contributed by atoms with E-state index in [0.29, 0.717) is 12.3 Å². The van der Waals surface area contributed by atoms with E-state index < -0.39 is 5.54 Å². The number of rotatable bonds is 5. The number of nitrogens with two attached hydrogens (primary N) is 1. The number of carbonyl (C=O) groups excluding carboxylic acids is 1. The van der Waals surface area contributed by atoms with Crippen molar-refractivity contribution in [2.24, 2.45) is 17.1 Å². The highest BCUT2D eigenvalue weighted by Crippen LogP contribution is 2.32. The largest absolute Gasteiger partial charge is 0.394 e. The molecule has 0 bridgehead atoms. The smallest absolute Gasteiger partial charge is 0.222 e. The van der Waals surface area contributed by atoms with Crippen molar-refractivity contribution in [2.45, 2.75) is 77.8 Å². The third kappa shape index (κ3) is 5.80. The quantitative estimate of drug-likeness (QED) is 0.724. The van der Waals surface area contributed by atoms with Gasteiger partial charge in [-0.3, -0.25) is 4.79 Å². The molecule has 1 fully saturated rings. The summed E-state index contributed by atoms with van der Waals surface area (Å²) < 4.78 is 0. The molecular weight excluding hydrogens is 252 g/mol. The summed E-state index contributed by atoms with van der Waals surface area (Å²) in [6.07, 6.45) is 5.14. The minimum atomic E-state index is -0.420. The first kappa shape index (κ1) is 17.4. The molecule has 4 heteroatoms. The van der Waals surface area contributed by atoms with Crippen LogP contribution in [0.2, 0.25) is 0 Å². The fourth-order valence-electron chi connectivity index (χ4n) is 3.40. The molecule has 1 saturated carbocycles. The van der Waals surface area contributed by atoms with Gasteiger partial charge in [-0.15, -0.1) is 0 Å². The van der Waals surface area contributed by atoms with Gasteiger partial charge in [-0.2, -0.15) is 0 Å². The average Bonchev–Trinajstić information content (AvgIpc) is 2.25. The molecule has 0 aromatic heterocycles. The summed E-state index contributed by atoms with van der Waals surface area (Å²) in [6, 6.07) is -0.119. The van der Waals surface area contributed by atoms with Crippen LogP contribution in [0.5, 0.6) is 0 Å². The number of aliphatic hydroxyl groups excluding tert-OH is 1. The predicted octanol–water partition coefficient (Wildman–Crippen LogP) is 2.20. The Morgan fingerprint density at radius 1 is 1.50 bits per heavy atom. The topological polar surface area (TPSA) is 75.3 Å². The van der Waals surface area contributed by atoms with Gasteiger partial charge in [0.1, 0.15) is 0 Å². The van der Waals surface area contributed by atoms with Gasteiger partial charge in [0.25, 0.3) is 0 Å². The first-order valence-corrected chi connectivity index (χ1v) is 7.83. The molecule has 20 heavy (non-hydrogen) atoms. The molecule has 0 radical (unpaired) electrons. The molecule has 3 atom stereocenters. The van der Waals surface area contributed by atoms with Gasteiger partial charge in [0.05, 0.1) is 12.1 Å². The second-order valence-corrected chi connectivity index (χ2v) is 7.92. The Balaban J connectivity index is 2.51. The zero-order valence-electron chi connectivity index (χ0n) is 13.5. The average molecular weight is 284 g/mol. The van der Waals surface area contributed by atoms with Crippen LogP contribution in [0.15, 0.2) is 0 Å². The highest BCUT2D eigenvalue weighted by molar-refractivity contribution is 5.77. The molecule has 3 unspecified atom stereocenters. The van der Waals surface area contributed by atoms with Crippen LogP contribution in [-0.2, 0) is 4.79 Å². The van der Waals surface area contributed by atoms with Crippen molar-refractivity contribution in [3.63, 3.8) is 0 Å². The van der Waals surface area contributed by atoms with Crippen LogP contribution >= 0.6 is 0 Å². The van der Waals surface area contributed by atoms with E-state index in [2.05, 4.69) is 33.0 Å². The van der Waals surface area contributed by atoms with E-state index in [9.17, 15) is 9.90 Å². The summed E-state index contributed by atoms with van der Waals surface area (Å²) in [5, 5.41) is 12.7. The van der Waals surface area contributed by atoms with E-state index in [1.54, 1.807) is 0 Å². The van der Waals surface area contributed by atoms with Gasteiger partial charge < -0.3 is 16.2 Å². The molecule has 118 valence electrons. The van der Waals surface area contributed by atoms with Gasteiger partial charge in [0.15, 0.2) is 0 Å². The van der Waals surface area contributed by atoms with Gasteiger partial charge in [-0.25, -0.2) is 0 Å². The Morgan fingerprint density at radius 3 is 2.65 bits per heavy atom. The maximum atomic E-state index is 12.2. The molecule has 0 heterocycles. The molecule has 0 aliphatic heterocycles. The predicted molar refractivity (Wildman–Crippen MR) is 82.3 cm³/mol. The van der Waals surface area contributed by atoms with Crippen molar-refractivity contribution in [3.8, 4) is 0 Å². The van der Waals surface area contributed by atoms with Gasteiger partial charge in [0.2, 0.25) is 5.91 Å². The van der Waals surface area contributed by atoms with Crippen LogP contribution in [0.3, 0.4) is 0 Å². The Kier molecular flexibility index (Phi) is 6.02. The van der Waals surface area contributed by atoms with Crippen LogP contribution in [0.1, 0.15) is 66.2 Å². The lowest BCUT2D eigenvalue weighted by Gasteiger charge is -2.39. The SMILES string of the molecule is CC1CCCC(CO)(NC(=O)CC(N)CC(C)(C)C)C1. The van der Waals surface area contributed by atoms with Crippen LogP contribution in [-0.4, -0.2) is 29.2 Å². The Morgan fingerprint density at radius 2 is 2.15 bits per heavy atom. The van der Waals surface area contributed by atoms with E-state index in [4.69, 9.17) is 5.73 Å². The lowest BCUT2D eigenvalue weighted by atomic mass is 9.76. The number of nitrogens with one attached hydrogen (secondary N) is 1. The number of hydrogen-bond donors (Lipinski definition) is 3. The van der Waals surface area contributed by atoms with Crippen molar-refractivity contribution < 1.29 is 9.90 Å². The third-order valence-electron chi connectivity index (χ3n) is 4.12. The van der Waals surface area contributed by atoms with Gasteiger partial charge in [0, 0.05) is 12.5 Å². The third-order valence-corrected chi connectivity index (χ3v) is 4.12. The van der Waals surface area contributed by atoms with Crippen molar-refractivity contribution in [1.29, 1.82) is 0 Å². The maximum absolute atomic E-state index is 12.2. The summed E-state index contributed by atoms with van der Waals surface area (Å²) >= 11 is 0. The molecule has 4 N–H and O–H groups in total. The van der Waals surface area contributed by atoms with Crippen LogP contribution < -0.4 is 11.1 Å². The number of carbonyl (C=O) groups is 1. The molecule has 0 aromatic carbocycles. The Bertz CT molecular complexity index is 325. The first-order valence-electron chi connectivity index (χ1n) is 7.83. The lowest BCUT2D eigenvalue weighted by molar-refractivity contribution is -0.124. The second kappa shape index (κ2) is 6.90. The molecule has 0 spiro atoms. The molecule has 1 aliphatic carbocycles. The monoisotopic (exact) mass is 284 g/mol. The molecule has 0 aromatic rings. The Labute approximate surface area is 123 Å². The molecule has 4 nitrogen and oxygen atoms in total. The normalized spacial score (nSPS) is 29.0. The van der Waals surface area contributed by atoms with E-state index in [0.717, 1.165) is 25.7 Å². The zero-order valence-corrected chi connectivity index (χ0v) is 13.5. The summed E-state index contributed by atoms with van der Waals surface area (Å²) in [5.41, 5.74) is 5.77. The maximum Gasteiger partial charge on any atom is 0.222 e. The standard InChI is InChI=1S/C16H32N2O2/c1-12-6-5-7-16(9-12,11-19)18-14(20)8-13(17)10-15(2,3)4/h12-13,19H,5-11,17H2,1-4H3,(H,18,20). The van der Waals surface area contributed by atoms with Crippen LogP contribution in [0, 0.1) is 11.3 Å². The van der Waals surface area contributed by atoms with E-state index in [1.807, 2.05) is 0 Å². The number of hydrogen-bond acceptors (Lipinski definition) is 3.